The van der Waals surface area contributed by atoms with Crippen molar-refractivity contribution in [2.75, 3.05) is 6.61 Å². The van der Waals surface area contributed by atoms with Crippen molar-refractivity contribution < 1.29 is 18.6 Å². The number of carbonyl (C=O) groups is 1. The van der Waals surface area contributed by atoms with Crippen molar-refractivity contribution >= 4 is 22.4 Å². The number of esters is 1. The van der Waals surface area contributed by atoms with Crippen molar-refractivity contribution in [3.05, 3.63) is 94.8 Å². The fraction of sp³-hybridized carbons (Fsp3) is 0.0800. The van der Waals surface area contributed by atoms with Crippen LogP contribution < -0.4 is 10.1 Å². The Bertz CT molecular complexity index is 1470. The van der Waals surface area contributed by atoms with E-state index in [0.717, 1.165) is 27.6 Å². The zero-order valence-electron chi connectivity index (χ0n) is 16.8. The number of nitrogens with one attached hydrogen (secondary N) is 1. The van der Waals surface area contributed by atoms with Crippen molar-refractivity contribution in [3.63, 3.8) is 0 Å². The number of benzene rings is 3. The summed E-state index contributed by atoms with van der Waals surface area (Å²) in [6.45, 7) is 2.07. The number of fused-ring (bicyclic) bond motifs is 3. The van der Waals surface area contributed by atoms with Gasteiger partial charge in [-0.05, 0) is 40.0 Å². The molecule has 0 aliphatic rings. The van der Waals surface area contributed by atoms with E-state index in [4.69, 9.17) is 9.26 Å². The molecule has 5 rings (SSSR count). The molecule has 0 atom stereocenters. The molecule has 0 amide bonds. The van der Waals surface area contributed by atoms with E-state index >= 15 is 0 Å². The Kier molecular flexibility index (Phi) is 4.59. The Morgan fingerprint density at radius 3 is 2.23 bits per heavy atom. The van der Waals surface area contributed by atoms with Crippen molar-refractivity contribution in [2.45, 2.75) is 6.92 Å². The number of aromatic amines is 1. The second-order valence-electron chi connectivity index (χ2n) is 7.10. The molecule has 31 heavy (non-hydrogen) atoms. The normalized spacial score (nSPS) is 11.1. The summed E-state index contributed by atoms with van der Waals surface area (Å²) in [4.78, 5) is 25.2. The number of hydrogen-bond donors (Lipinski definition) is 1. The van der Waals surface area contributed by atoms with Gasteiger partial charge in [-0.1, -0.05) is 60.7 Å². The third-order valence-corrected chi connectivity index (χ3v) is 5.28. The van der Waals surface area contributed by atoms with Gasteiger partial charge in [0.1, 0.15) is 0 Å². The molecule has 0 saturated carbocycles. The van der Waals surface area contributed by atoms with Crippen LogP contribution in [0.15, 0.2) is 88.2 Å². The zero-order chi connectivity index (χ0) is 21.4. The summed E-state index contributed by atoms with van der Waals surface area (Å²) in [7, 11) is 0. The minimum Gasteiger partial charge on any atom is -0.462 e. The summed E-state index contributed by atoms with van der Waals surface area (Å²) >= 11 is 0. The maximum absolute atomic E-state index is 12.8. The van der Waals surface area contributed by atoms with E-state index in [-0.39, 0.29) is 0 Å². The molecule has 0 unspecified atom stereocenters. The van der Waals surface area contributed by atoms with E-state index in [1.165, 1.54) is 0 Å². The molecule has 0 saturated heterocycles. The zero-order valence-corrected chi connectivity index (χ0v) is 16.8. The van der Waals surface area contributed by atoms with Gasteiger partial charge < -0.3 is 4.74 Å². The summed E-state index contributed by atoms with van der Waals surface area (Å²) in [6.07, 6.45) is 0. The van der Waals surface area contributed by atoms with Crippen LogP contribution in [0.2, 0.25) is 0 Å². The summed E-state index contributed by atoms with van der Waals surface area (Å²) in [6, 6.07) is 24.8. The average molecular weight is 411 g/mol. The first-order valence-corrected chi connectivity index (χ1v) is 10.00. The number of nitrogens with zero attached hydrogens (tertiary/aromatic N) is 1. The lowest BCUT2D eigenvalue weighted by Gasteiger charge is -2.12. The molecule has 0 radical (unpaired) electrons. The molecule has 6 nitrogen and oxygen atoms in total. The Morgan fingerprint density at radius 1 is 0.935 bits per heavy atom. The van der Waals surface area contributed by atoms with Crippen LogP contribution >= 0.6 is 0 Å². The van der Waals surface area contributed by atoms with Gasteiger partial charge in [-0.2, -0.15) is 0 Å². The molecule has 3 aromatic carbocycles. The van der Waals surface area contributed by atoms with Crippen LogP contribution in [0.1, 0.15) is 17.3 Å². The van der Waals surface area contributed by atoms with Crippen LogP contribution in [0.5, 0.6) is 0 Å². The fourth-order valence-corrected chi connectivity index (χ4v) is 3.97. The highest BCUT2D eigenvalue weighted by Gasteiger charge is 2.29. The molecule has 1 N–H and O–H groups in total. The number of hydrogen-bond acceptors (Lipinski definition) is 4. The van der Waals surface area contributed by atoms with Crippen molar-refractivity contribution in [1.82, 2.24) is 5.27 Å². The van der Waals surface area contributed by atoms with Gasteiger partial charge in [0.15, 0.2) is 0 Å². The first-order chi connectivity index (χ1) is 15.2. The second kappa shape index (κ2) is 7.57. The Hall–Kier alpha value is -4.19. The van der Waals surface area contributed by atoms with E-state index in [1.807, 2.05) is 60.7 Å². The molecule has 6 heteroatoms. The van der Waals surface area contributed by atoms with Gasteiger partial charge in [-0.25, -0.2) is 9.59 Å². The second-order valence-corrected chi connectivity index (χ2v) is 7.10. The Morgan fingerprint density at radius 2 is 1.58 bits per heavy atom. The van der Waals surface area contributed by atoms with Gasteiger partial charge >= 0.3 is 17.1 Å². The predicted octanol–water partition coefficient (Wildman–Crippen LogP) is 4.37. The maximum Gasteiger partial charge on any atom is 0.435 e. The van der Waals surface area contributed by atoms with Crippen molar-refractivity contribution in [1.29, 1.82) is 0 Å². The van der Waals surface area contributed by atoms with Crippen LogP contribution in [0, 0.1) is 0 Å². The SMILES string of the molecule is CCOC(=O)c1ccc2c(c1)c(-c1ccccc1)c(-c1ccccc1)c1c(=O)o[nH][n+]12. The van der Waals surface area contributed by atoms with Gasteiger partial charge in [0.25, 0.3) is 0 Å². The highest BCUT2D eigenvalue weighted by Crippen LogP contribution is 2.38. The number of ether oxygens (including phenoxy) is 1. The number of rotatable bonds is 4. The number of pyridine rings is 1. The van der Waals surface area contributed by atoms with E-state index in [9.17, 15) is 9.59 Å². The number of aromatic nitrogens is 2. The largest absolute Gasteiger partial charge is 0.462 e. The molecule has 5 aromatic rings. The third-order valence-electron chi connectivity index (χ3n) is 5.28. The van der Waals surface area contributed by atoms with Crippen molar-refractivity contribution in [2.24, 2.45) is 0 Å². The number of carbonyl (C=O) groups excluding carboxylic acids is 1. The van der Waals surface area contributed by atoms with Gasteiger partial charge in [0.2, 0.25) is 5.52 Å². The molecular formula is C25H19N2O4+. The topological polar surface area (TPSA) is 76.4 Å². The van der Waals surface area contributed by atoms with E-state index in [1.54, 1.807) is 29.6 Å². The summed E-state index contributed by atoms with van der Waals surface area (Å²) in [5.41, 5.74) is 4.47. The standard InChI is InChI=1S/C25H18N2O4/c1-2-30-24(28)18-13-14-20-19(15-18)21(16-9-5-3-6-10-16)22(17-11-7-4-8-12-17)23-25(29)31-26-27(20)23/h3-15H,2H2,1H3/p+1. The highest BCUT2D eigenvalue weighted by molar-refractivity contribution is 6.07. The smallest absolute Gasteiger partial charge is 0.435 e. The third kappa shape index (κ3) is 3.09. The predicted molar refractivity (Wildman–Crippen MR) is 117 cm³/mol. The molecule has 0 spiro atoms. The van der Waals surface area contributed by atoms with Gasteiger partial charge in [-0.15, -0.1) is 0 Å². The van der Waals surface area contributed by atoms with Crippen LogP contribution in [-0.2, 0) is 4.74 Å². The Balaban J connectivity index is 1.99. The van der Waals surface area contributed by atoms with E-state index in [2.05, 4.69) is 5.27 Å². The molecule has 0 bridgehead atoms. The van der Waals surface area contributed by atoms with Crippen LogP contribution in [-0.4, -0.2) is 17.8 Å². The number of H-pyrrole nitrogens is 1. The Labute approximate surface area is 177 Å². The van der Waals surface area contributed by atoms with Crippen molar-refractivity contribution in [3.8, 4) is 22.3 Å². The van der Waals surface area contributed by atoms with E-state index < -0.39 is 11.6 Å². The van der Waals surface area contributed by atoms with Gasteiger partial charge in [0, 0.05) is 11.6 Å². The lowest BCUT2D eigenvalue weighted by atomic mass is 9.90. The monoisotopic (exact) mass is 411 g/mol. The lowest BCUT2D eigenvalue weighted by Crippen LogP contribution is -2.27. The summed E-state index contributed by atoms with van der Waals surface area (Å²) in [5.74, 6) is -0.393. The summed E-state index contributed by atoms with van der Waals surface area (Å²) < 4.78 is 12.0. The first kappa shape index (κ1) is 18.8. The van der Waals surface area contributed by atoms with Crippen LogP contribution in [0.3, 0.4) is 0 Å². The molecule has 0 aliphatic heterocycles. The van der Waals surface area contributed by atoms with E-state index in [0.29, 0.717) is 23.2 Å². The summed E-state index contributed by atoms with van der Waals surface area (Å²) in [5, 5.41) is 3.50. The minimum absolute atomic E-state index is 0.292. The molecule has 0 aliphatic carbocycles. The average Bonchev–Trinajstić information content (AvgIpc) is 3.20. The first-order valence-electron chi connectivity index (χ1n) is 10.00. The fourth-order valence-electron chi connectivity index (χ4n) is 3.97. The maximum atomic E-state index is 12.8. The minimum atomic E-state index is -0.465. The molecule has 2 aromatic heterocycles. The van der Waals surface area contributed by atoms with Gasteiger partial charge in [0.05, 0.1) is 23.1 Å². The molecule has 2 heterocycles. The van der Waals surface area contributed by atoms with Gasteiger partial charge in [-0.3, -0.25) is 4.52 Å². The molecule has 152 valence electrons. The van der Waals surface area contributed by atoms with Crippen LogP contribution in [0.4, 0.5) is 0 Å². The molecule has 0 fully saturated rings. The quantitative estimate of drug-likeness (QED) is 0.352. The highest BCUT2D eigenvalue weighted by atomic mass is 16.5. The van der Waals surface area contributed by atoms with Crippen LogP contribution in [0.25, 0.3) is 38.7 Å². The lowest BCUT2D eigenvalue weighted by molar-refractivity contribution is -0.567. The molecular weight excluding hydrogens is 392 g/mol.